The van der Waals surface area contributed by atoms with Crippen molar-refractivity contribution in [2.75, 3.05) is 17.7 Å². The van der Waals surface area contributed by atoms with E-state index < -0.39 is 0 Å². The molecule has 0 amide bonds. The number of Topliss-reactive ketones (excluding diaryl/α,β-unsaturated/α-hetero) is 1. The summed E-state index contributed by atoms with van der Waals surface area (Å²) in [7, 11) is 1.66. The molecule has 1 aliphatic carbocycles. The SMILES string of the molecule is COc1cc(C2CC(=O)C3=C(C2)Nc2ccccc2NC3c2ccc(C(C)(C)C)cc2)ccc1OC(C)C. The molecule has 2 atom stereocenters. The first-order valence-electron chi connectivity index (χ1n) is 13.5. The van der Waals surface area contributed by atoms with Crippen molar-refractivity contribution in [1.29, 1.82) is 0 Å². The number of ketones is 1. The van der Waals surface area contributed by atoms with Crippen molar-refractivity contribution in [1.82, 2.24) is 0 Å². The van der Waals surface area contributed by atoms with Crippen LogP contribution in [0, 0.1) is 0 Å². The zero-order valence-electron chi connectivity index (χ0n) is 23.2. The minimum atomic E-state index is -0.222. The second-order valence-corrected chi connectivity index (χ2v) is 11.6. The van der Waals surface area contributed by atoms with E-state index >= 15 is 0 Å². The number of fused-ring (bicyclic) bond motifs is 1. The highest BCUT2D eigenvalue weighted by Gasteiger charge is 2.36. The normalized spacial score (nSPS) is 19.2. The summed E-state index contributed by atoms with van der Waals surface area (Å²) >= 11 is 0. The van der Waals surface area contributed by atoms with Crippen molar-refractivity contribution in [2.24, 2.45) is 0 Å². The van der Waals surface area contributed by atoms with E-state index in [2.05, 4.69) is 73.9 Å². The third kappa shape index (κ3) is 5.15. The lowest BCUT2D eigenvalue weighted by molar-refractivity contribution is -0.116. The Balaban J connectivity index is 1.53. The summed E-state index contributed by atoms with van der Waals surface area (Å²) in [6, 6.07) is 22.7. The van der Waals surface area contributed by atoms with Crippen LogP contribution in [0.25, 0.3) is 0 Å². The molecule has 5 heteroatoms. The molecule has 3 aromatic rings. The first-order chi connectivity index (χ1) is 18.1. The molecule has 38 heavy (non-hydrogen) atoms. The molecule has 0 radical (unpaired) electrons. The predicted molar refractivity (Wildman–Crippen MR) is 154 cm³/mol. The van der Waals surface area contributed by atoms with Gasteiger partial charge < -0.3 is 20.1 Å². The molecule has 5 nitrogen and oxygen atoms in total. The van der Waals surface area contributed by atoms with Gasteiger partial charge in [0.25, 0.3) is 0 Å². The van der Waals surface area contributed by atoms with Crippen LogP contribution >= 0.6 is 0 Å². The second kappa shape index (κ2) is 10.2. The maximum atomic E-state index is 13.9. The smallest absolute Gasteiger partial charge is 0.163 e. The van der Waals surface area contributed by atoms with E-state index in [1.165, 1.54) is 5.56 Å². The van der Waals surface area contributed by atoms with Gasteiger partial charge in [0, 0.05) is 17.7 Å². The van der Waals surface area contributed by atoms with Crippen molar-refractivity contribution in [3.05, 3.63) is 94.7 Å². The van der Waals surface area contributed by atoms with Gasteiger partial charge in [-0.15, -0.1) is 0 Å². The summed E-state index contributed by atoms with van der Waals surface area (Å²) in [5, 5.41) is 7.32. The molecule has 0 spiro atoms. The molecule has 198 valence electrons. The molecular weight excluding hydrogens is 472 g/mol. The van der Waals surface area contributed by atoms with Crippen LogP contribution in [0.15, 0.2) is 78.0 Å². The number of hydrogen-bond donors (Lipinski definition) is 2. The predicted octanol–water partition coefficient (Wildman–Crippen LogP) is 7.76. The number of benzene rings is 3. The fraction of sp³-hybridized carbons (Fsp3) is 0.364. The number of rotatable bonds is 5. The molecule has 0 saturated heterocycles. The van der Waals surface area contributed by atoms with E-state index in [9.17, 15) is 4.79 Å². The van der Waals surface area contributed by atoms with Crippen molar-refractivity contribution in [3.8, 4) is 11.5 Å². The van der Waals surface area contributed by atoms with E-state index in [1.54, 1.807) is 7.11 Å². The van der Waals surface area contributed by atoms with Crippen LogP contribution in [0.1, 0.15) is 76.1 Å². The molecule has 0 fully saturated rings. The summed E-state index contributed by atoms with van der Waals surface area (Å²) in [5.74, 6) is 1.62. The van der Waals surface area contributed by atoms with Gasteiger partial charge in [-0.05, 0) is 72.6 Å². The van der Waals surface area contributed by atoms with Crippen molar-refractivity contribution in [2.45, 2.75) is 70.9 Å². The molecule has 5 rings (SSSR count). The van der Waals surface area contributed by atoms with Gasteiger partial charge in [0.15, 0.2) is 17.3 Å². The summed E-state index contributed by atoms with van der Waals surface area (Å²) in [5.41, 5.74) is 7.30. The minimum absolute atomic E-state index is 0.0462. The lowest BCUT2D eigenvalue weighted by Gasteiger charge is -2.30. The van der Waals surface area contributed by atoms with E-state index in [-0.39, 0.29) is 29.3 Å². The average molecular weight is 511 g/mol. The van der Waals surface area contributed by atoms with Gasteiger partial charge in [0.2, 0.25) is 0 Å². The van der Waals surface area contributed by atoms with Gasteiger partial charge in [-0.25, -0.2) is 0 Å². The molecule has 0 bridgehead atoms. The molecular formula is C33H38N2O3. The molecule has 2 aliphatic rings. The Kier molecular flexibility index (Phi) is 6.95. The number of hydrogen-bond acceptors (Lipinski definition) is 5. The third-order valence-electron chi connectivity index (χ3n) is 7.44. The molecule has 1 heterocycles. The number of para-hydroxylation sites is 2. The van der Waals surface area contributed by atoms with E-state index in [1.807, 2.05) is 38.1 Å². The quantitative estimate of drug-likeness (QED) is 0.367. The maximum absolute atomic E-state index is 13.9. The molecule has 1 aliphatic heterocycles. The average Bonchev–Trinajstić information content (AvgIpc) is 3.05. The van der Waals surface area contributed by atoms with Gasteiger partial charge in [0.1, 0.15) is 0 Å². The largest absolute Gasteiger partial charge is 0.493 e. The fourth-order valence-corrected chi connectivity index (χ4v) is 5.44. The highest BCUT2D eigenvalue weighted by molar-refractivity contribution is 6.01. The topological polar surface area (TPSA) is 59.6 Å². The van der Waals surface area contributed by atoms with Crippen LogP contribution in [0.5, 0.6) is 11.5 Å². The van der Waals surface area contributed by atoms with Crippen LogP contribution in [0.3, 0.4) is 0 Å². The number of ether oxygens (including phenoxy) is 2. The van der Waals surface area contributed by atoms with Gasteiger partial charge in [-0.3, -0.25) is 4.79 Å². The van der Waals surface area contributed by atoms with E-state index in [0.717, 1.165) is 45.9 Å². The first-order valence-corrected chi connectivity index (χ1v) is 13.5. The summed E-state index contributed by atoms with van der Waals surface area (Å²) < 4.78 is 11.6. The number of methoxy groups -OCH3 is 1. The van der Waals surface area contributed by atoms with Gasteiger partial charge in [-0.1, -0.05) is 63.2 Å². The molecule has 2 unspecified atom stereocenters. The van der Waals surface area contributed by atoms with Crippen LogP contribution in [0.2, 0.25) is 0 Å². The fourth-order valence-electron chi connectivity index (χ4n) is 5.44. The Bertz CT molecular complexity index is 1370. The van der Waals surface area contributed by atoms with Gasteiger partial charge >= 0.3 is 0 Å². The van der Waals surface area contributed by atoms with Crippen molar-refractivity contribution in [3.63, 3.8) is 0 Å². The van der Waals surface area contributed by atoms with Gasteiger partial charge in [0.05, 0.1) is 30.6 Å². The lowest BCUT2D eigenvalue weighted by atomic mass is 9.78. The number of carbonyl (C=O) groups is 1. The molecule has 2 N–H and O–H groups in total. The number of allylic oxidation sites excluding steroid dienone is 1. The van der Waals surface area contributed by atoms with Crippen LogP contribution in [-0.2, 0) is 10.2 Å². The third-order valence-corrected chi connectivity index (χ3v) is 7.44. The summed E-state index contributed by atoms with van der Waals surface area (Å²) in [4.78, 5) is 13.9. The Morgan fingerprint density at radius 3 is 2.21 bits per heavy atom. The highest BCUT2D eigenvalue weighted by Crippen LogP contribution is 2.45. The minimum Gasteiger partial charge on any atom is -0.493 e. The van der Waals surface area contributed by atoms with Gasteiger partial charge in [-0.2, -0.15) is 0 Å². The Labute approximate surface area is 226 Å². The molecule has 0 aromatic heterocycles. The first kappa shape index (κ1) is 25.9. The summed E-state index contributed by atoms with van der Waals surface area (Å²) in [6.07, 6.45) is 1.24. The standard InChI is InChI=1S/C33H38N2O3/c1-20(2)38-29-16-13-22(19-30(29)37-6)23-17-27-31(28(36)18-23)32(35-26-10-8-7-9-25(26)34-27)21-11-14-24(15-12-21)33(3,4)5/h7-16,19-20,23,32,34-35H,17-18H2,1-6H3. The molecule has 3 aromatic carbocycles. The highest BCUT2D eigenvalue weighted by atomic mass is 16.5. The lowest BCUT2D eigenvalue weighted by Crippen LogP contribution is -2.27. The van der Waals surface area contributed by atoms with Crippen LogP contribution in [-0.4, -0.2) is 19.0 Å². The van der Waals surface area contributed by atoms with Crippen LogP contribution in [0.4, 0.5) is 11.4 Å². The zero-order chi connectivity index (χ0) is 27.0. The van der Waals surface area contributed by atoms with E-state index in [4.69, 9.17) is 9.47 Å². The number of anilines is 2. The Morgan fingerprint density at radius 2 is 1.55 bits per heavy atom. The summed E-state index contributed by atoms with van der Waals surface area (Å²) in [6.45, 7) is 10.6. The molecule has 0 saturated carbocycles. The van der Waals surface area contributed by atoms with Crippen molar-refractivity contribution < 1.29 is 14.3 Å². The monoisotopic (exact) mass is 510 g/mol. The number of carbonyl (C=O) groups excluding carboxylic acids is 1. The van der Waals surface area contributed by atoms with Crippen molar-refractivity contribution >= 4 is 17.2 Å². The second-order valence-electron chi connectivity index (χ2n) is 11.6. The van der Waals surface area contributed by atoms with E-state index in [0.29, 0.717) is 12.2 Å². The Morgan fingerprint density at radius 1 is 0.868 bits per heavy atom. The van der Waals surface area contributed by atoms with Crippen LogP contribution < -0.4 is 20.1 Å². The Hall–Kier alpha value is -3.73. The maximum Gasteiger partial charge on any atom is 0.163 e. The zero-order valence-corrected chi connectivity index (χ0v) is 23.2. The number of nitrogens with one attached hydrogen (secondary N) is 2.